The van der Waals surface area contributed by atoms with Crippen molar-refractivity contribution < 1.29 is 19.0 Å². The number of aromatic carboxylic acids is 1. The molecule has 0 aliphatic heterocycles. The average molecular weight is 375 g/mol. The minimum atomic E-state index is -1.04. The Morgan fingerprint density at radius 3 is 2.36 bits per heavy atom. The Morgan fingerprint density at radius 1 is 0.929 bits per heavy atom. The molecule has 0 aliphatic carbocycles. The molecule has 7 heteroatoms. The number of benzene rings is 2. The van der Waals surface area contributed by atoms with Crippen LogP contribution >= 0.6 is 0 Å². The van der Waals surface area contributed by atoms with Crippen LogP contribution in [-0.2, 0) is 0 Å². The van der Waals surface area contributed by atoms with Crippen LogP contribution in [0.15, 0.2) is 60.8 Å². The lowest BCUT2D eigenvalue weighted by Gasteiger charge is -2.11. The van der Waals surface area contributed by atoms with Crippen LogP contribution < -0.4 is 4.74 Å². The van der Waals surface area contributed by atoms with Crippen LogP contribution in [0, 0.1) is 5.82 Å². The molecule has 0 spiro atoms. The van der Waals surface area contributed by atoms with Gasteiger partial charge in [0.15, 0.2) is 0 Å². The molecule has 4 rings (SSSR count). The van der Waals surface area contributed by atoms with Crippen LogP contribution in [0.5, 0.6) is 5.88 Å². The van der Waals surface area contributed by atoms with E-state index in [0.29, 0.717) is 39.4 Å². The second kappa shape index (κ2) is 7.03. The minimum Gasteiger partial charge on any atom is -0.481 e. The first-order valence-corrected chi connectivity index (χ1v) is 8.36. The van der Waals surface area contributed by atoms with E-state index in [2.05, 4.69) is 15.0 Å². The molecule has 28 heavy (non-hydrogen) atoms. The molecule has 0 saturated heterocycles. The van der Waals surface area contributed by atoms with Crippen LogP contribution in [0.4, 0.5) is 4.39 Å². The summed E-state index contributed by atoms with van der Waals surface area (Å²) in [5, 5.41) is 9.25. The maximum Gasteiger partial charge on any atom is 0.335 e. The van der Waals surface area contributed by atoms with E-state index in [9.17, 15) is 14.3 Å². The van der Waals surface area contributed by atoms with Crippen molar-refractivity contribution in [2.24, 2.45) is 0 Å². The summed E-state index contributed by atoms with van der Waals surface area (Å²) >= 11 is 0. The predicted molar refractivity (Wildman–Crippen MR) is 102 cm³/mol. The van der Waals surface area contributed by atoms with Gasteiger partial charge in [0.05, 0.1) is 35.1 Å². The molecule has 0 amide bonds. The number of hydrogen-bond donors (Lipinski definition) is 1. The van der Waals surface area contributed by atoms with E-state index in [0.717, 1.165) is 0 Å². The number of fused-ring (bicyclic) bond motifs is 1. The number of pyridine rings is 1. The molecule has 6 nitrogen and oxygen atoms in total. The maximum absolute atomic E-state index is 13.4. The molecule has 138 valence electrons. The Labute approximate surface area is 159 Å². The standard InChI is InChI=1S/C21H14FN3O3/c1-28-18-11-13(8-9-23-18)20-19(12-2-5-15(22)6-3-12)24-16-7-4-14(21(26)27)10-17(16)25-20/h2-11H,1H3,(H,26,27). The van der Waals surface area contributed by atoms with Gasteiger partial charge in [-0.15, -0.1) is 0 Å². The van der Waals surface area contributed by atoms with E-state index in [4.69, 9.17) is 4.74 Å². The zero-order valence-corrected chi connectivity index (χ0v) is 14.8. The molecular formula is C21H14FN3O3. The van der Waals surface area contributed by atoms with Gasteiger partial charge in [-0.3, -0.25) is 0 Å². The molecule has 0 bridgehead atoms. The summed E-state index contributed by atoms with van der Waals surface area (Å²) < 4.78 is 18.6. The van der Waals surface area contributed by atoms with Gasteiger partial charge >= 0.3 is 5.97 Å². The van der Waals surface area contributed by atoms with Gasteiger partial charge in [-0.05, 0) is 48.5 Å². The van der Waals surface area contributed by atoms with Gasteiger partial charge in [0.1, 0.15) is 5.82 Å². The number of aromatic nitrogens is 3. The highest BCUT2D eigenvalue weighted by atomic mass is 19.1. The zero-order valence-electron chi connectivity index (χ0n) is 14.8. The fourth-order valence-corrected chi connectivity index (χ4v) is 2.87. The van der Waals surface area contributed by atoms with Gasteiger partial charge in [-0.1, -0.05) is 0 Å². The lowest BCUT2D eigenvalue weighted by atomic mass is 10.0. The highest BCUT2D eigenvalue weighted by Gasteiger charge is 2.15. The van der Waals surface area contributed by atoms with Gasteiger partial charge in [-0.2, -0.15) is 0 Å². The Kier molecular flexibility index (Phi) is 4.41. The molecule has 2 aromatic heterocycles. The van der Waals surface area contributed by atoms with Crippen molar-refractivity contribution in [2.45, 2.75) is 0 Å². The molecule has 2 aromatic carbocycles. The average Bonchev–Trinajstić information content (AvgIpc) is 2.73. The fraction of sp³-hybridized carbons (Fsp3) is 0.0476. The Balaban J connectivity index is 2.00. The van der Waals surface area contributed by atoms with Crippen LogP contribution in [-0.4, -0.2) is 33.1 Å². The van der Waals surface area contributed by atoms with Gasteiger partial charge in [0.25, 0.3) is 0 Å². The van der Waals surface area contributed by atoms with E-state index in [1.54, 1.807) is 36.5 Å². The summed E-state index contributed by atoms with van der Waals surface area (Å²) in [6, 6.07) is 14.0. The van der Waals surface area contributed by atoms with Crippen molar-refractivity contribution in [1.82, 2.24) is 15.0 Å². The lowest BCUT2D eigenvalue weighted by molar-refractivity contribution is 0.0697. The number of nitrogens with zero attached hydrogens (tertiary/aromatic N) is 3. The van der Waals surface area contributed by atoms with E-state index in [1.165, 1.54) is 31.4 Å². The second-order valence-electron chi connectivity index (χ2n) is 6.02. The molecule has 4 aromatic rings. The SMILES string of the molecule is COc1cc(-c2nc3cc(C(=O)O)ccc3nc2-c2ccc(F)cc2)ccn1. The molecule has 0 saturated carbocycles. The number of halogens is 1. The van der Waals surface area contributed by atoms with Crippen molar-refractivity contribution in [1.29, 1.82) is 0 Å². The highest BCUT2D eigenvalue weighted by Crippen LogP contribution is 2.32. The molecular weight excluding hydrogens is 361 g/mol. The Bertz CT molecular complexity index is 1190. The first kappa shape index (κ1) is 17.5. The smallest absolute Gasteiger partial charge is 0.335 e. The molecule has 0 fully saturated rings. The summed E-state index contributed by atoms with van der Waals surface area (Å²) in [4.78, 5) is 24.7. The number of carboxylic acids is 1. The molecule has 2 heterocycles. The van der Waals surface area contributed by atoms with Gasteiger partial charge in [0, 0.05) is 23.4 Å². The van der Waals surface area contributed by atoms with Gasteiger partial charge < -0.3 is 9.84 Å². The molecule has 0 unspecified atom stereocenters. The predicted octanol–water partition coefficient (Wildman–Crippen LogP) is 4.20. The zero-order chi connectivity index (χ0) is 19.7. The van der Waals surface area contributed by atoms with E-state index in [1.807, 2.05) is 0 Å². The molecule has 0 atom stereocenters. The van der Waals surface area contributed by atoms with Crippen LogP contribution in [0.2, 0.25) is 0 Å². The number of carbonyl (C=O) groups is 1. The van der Waals surface area contributed by atoms with Crippen molar-refractivity contribution in [2.75, 3.05) is 7.11 Å². The quantitative estimate of drug-likeness (QED) is 0.575. The van der Waals surface area contributed by atoms with Crippen molar-refractivity contribution in [3.8, 4) is 28.4 Å². The van der Waals surface area contributed by atoms with Crippen LogP contribution in [0.3, 0.4) is 0 Å². The normalized spacial score (nSPS) is 10.8. The first-order chi connectivity index (χ1) is 13.5. The number of rotatable bonds is 4. The van der Waals surface area contributed by atoms with Crippen molar-refractivity contribution >= 4 is 17.0 Å². The summed E-state index contributed by atoms with van der Waals surface area (Å²) in [6.45, 7) is 0. The van der Waals surface area contributed by atoms with E-state index < -0.39 is 5.97 Å². The first-order valence-electron chi connectivity index (χ1n) is 8.36. The van der Waals surface area contributed by atoms with Crippen molar-refractivity contribution in [3.63, 3.8) is 0 Å². The molecule has 0 aliphatic rings. The Morgan fingerprint density at radius 2 is 1.64 bits per heavy atom. The number of methoxy groups -OCH3 is 1. The molecule has 1 N–H and O–H groups in total. The number of carboxylic acid groups (broad SMARTS) is 1. The molecule has 0 radical (unpaired) electrons. The number of hydrogen-bond acceptors (Lipinski definition) is 5. The lowest BCUT2D eigenvalue weighted by Crippen LogP contribution is -2.00. The third-order valence-corrected chi connectivity index (χ3v) is 4.25. The monoisotopic (exact) mass is 375 g/mol. The minimum absolute atomic E-state index is 0.120. The summed E-state index contributed by atoms with van der Waals surface area (Å²) in [5.74, 6) is -0.988. The second-order valence-corrected chi connectivity index (χ2v) is 6.02. The van der Waals surface area contributed by atoms with E-state index in [-0.39, 0.29) is 11.4 Å². The largest absolute Gasteiger partial charge is 0.481 e. The summed E-state index contributed by atoms with van der Waals surface area (Å²) in [7, 11) is 1.51. The highest BCUT2D eigenvalue weighted by molar-refractivity contribution is 5.94. The number of ether oxygens (including phenoxy) is 1. The topological polar surface area (TPSA) is 85.2 Å². The third kappa shape index (κ3) is 3.25. The Hall–Kier alpha value is -3.87. The third-order valence-electron chi connectivity index (χ3n) is 4.25. The maximum atomic E-state index is 13.4. The van der Waals surface area contributed by atoms with Crippen LogP contribution in [0.1, 0.15) is 10.4 Å². The van der Waals surface area contributed by atoms with Crippen molar-refractivity contribution in [3.05, 3.63) is 72.2 Å². The van der Waals surface area contributed by atoms with Gasteiger partial charge in [-0.25, -0.2) is 24.1 Å². The summed E-state index contributed by atoms with van der Waals surface area (Å²) in [6.07, 6.45) is 1.59. The van der Waals surface area contributed by atoms with Gasteiger partial charge in [0.2, 0.25) is 5.88 Å². The van der Waals surface area contributed by atoms with Crippen LogP contribution in [0.25, 0.3) is 33.5 Å². The fourth-order valence-electron chi connectivity index (χ4n) is 2.87. The summed E-state index contributed by atoms with van der Waals surface area (Å²) in [5.41, 5.74) is 3.54. The van der Waals surface area contributed by atoms with E-state index >= 15 is 0 Å².